The summed E-state index contributed by atoms with van der Waals surface area (Å²) in [4.78, 5) is 8.22. The van der Waals surface area contributed by atoms with Gasteiger partial charge in [0.2, 0.25) is 5.95 Å². The minimum atomic E-state index is -0.277. The summed E-state index contributed by atoms with van der Waals surface area (Å²) in [6.45, 7) is 0. The third-order valence-electron chi connectivity index (χ3n) is 3.80. The number of aromatic nitrogens is 2. The largest absolute Gasteiger partial charge is 0.452 e. The molecule has 1 aromatic heterocycles. The third-order valence-corrected chi connectivity index (χ3v) is 4.05. The Morgan fingerprint density at radius 1 is 1.26 bits per heavy atom. The highest BCUT2D eigenvalue weighted by atomic mass is 35.5. The normalized spacial score (nSPS) is 21.0. The Balaban J connectivity index is 1.78. The molecule has 6 nitrogen and oxygen atoms in total. The summed E-state index contributed by atoms with van der Waals surface area (Å²) in [6, 6.07) is 7.18. The highest BCUT2D eigenvalue weighted by Gasteiger charge is 2.22. The molecule has 0 unspecified atom stereocenters. The monoisotopic (exact) mass is 334 g/mol. The average molecular weight is 335 g/mol. The van der Waals surface area contributed by atoms with E-state index < -0.39 is 0 Å². The number of halogens is 1. The van der Waals surface area contributed by atoms with Crippen LogP contribution in [-0.4, -0.2) is 27.2 Å². The van der Waals surface area contributed by atoms with Crippen molar-refractivity contribution in [1.29, 1.82) is 0 Å². The molecule has 2 atom stereocenters. The van der Waals surface area contributed by atoms with Crippen LogP contribution in [0.2, 0.25) is 5.02 Å². The minimum Gasteiger partial charge on any atom is -0.452 e. The van der Waals surface area contributed by atoms with Gasteiger partial charge in [-0.25, -0.2) is 4.98 Å². The van der Waals surface area contributed by atoms with Crippen LogP contribution in [0.4, 0.5) is 11.8 Å². The van der Waals surface area contributed by atoms with Gasteiger partial charge in [0.25, 0.3) is 0 Å². The smallest absolute Gasteiger partial charge is 0.222 e. The second kappa shape index (κ2) is 7.02. The summed E-state index contributed by atoms with van der Waals surface area (Å²) >= 11 is 5.88. The van der Waals surface area contributed by atoms with Gasteiger partial charge in [0.05, 0.1) is 12.3 Å². The molecule has 0 saturated heterocycles. The maximum Gasteiger partial charge on any atom is 0.222 e. The zero-order chi connectivity index (χ0) is 16.2. The highest BCUT2D eigenvalue weighted by molar-refractivity contribution is 6.30. The number of nitrogens with zero attached hydrogens (tertiary/aromatic N) is 2. The van der Waals surface area contributed by atoms with Crippen molar-refractivity contribution in [3.63, 3.8) is 0 Å². The van der Waals surface area contributed by atoms with Gasteiger partial charge in [-0.05, 0) is 49.9 Å². The van der Waals surface area contributed by atoms with Gasteiger partial charge in [0.1, 0.15) is 5.75 Å². The number of hydrogen-bond acceptors (Lipinski definition) is 6. The number of aliphatic hydroxyl groups excluding tert-OH is 1. The number of rotatable bonds is 4. The summed E-state index contributed by atoms with van der Waals surface area (Å²) < 4.78 is 5.82. The fraction of sp³-hybridized carbons (Fsp3) is 0.375. The van der Waals surface area contributed by atoms with Crippen molar-refractivity contribution < 1.29 is 9.84 Å². The number of nitrogen functional groups attached to an aromatic ring is 1. The van der Waals surface area contributed by atoms with Gasteiger partial charge in [-0.1, -0.05) is 11.6 Å². The van der Waals surface area contributed by atoms with E-state index in [4.69, 9.17) is 22.1 Å². The standard InChI is InChI=1S/C16H19ClN4O2/c17-10-4-6-13(7-5-10)23-14-9-19-16(18)21-15(14)20-11-2-1-3-12(22)8-11/h4-7,9,11-12,22H,1-3,8H2,(H3,18,19,20,21)/t11-,12+/m0/s1. The molecular formula is C16H19ClN4O2. The maximum absolute atomic E-state index is 9.80. The van der Waals surface area contributed by atoms with E-state index in [-0.39, 0.29) is 18.1 Å². The summed E-state index contributed by atoms with van der Waals surface area (Å²) in [7, 11) is 0. The van der Waals surface area contributed by atoms with Crippen molar-refractivity contribution in [2.45, 2.75) is 37.8 Å². The van der Waals surface area contributed by atoms with E-state index in [2.05, 4.69) is 15.3 Å². The van der Waals surface area contributed by atoms with Gasteiger partial charge in [-0.15, -0.1) is 0 Å². The lowest BCUT2D eigenvalue weighted by atomic mass is 9.93. The molecule has 23 heavy (non-hydrogen) atoms. The molecule has 0 radical (unpaired) electrons. The molecule has 1 aromatic carbocycles. The molecule has 0 bridgehead atoms. The topological polar surface area (TPSA) is 93.3 Å². The van der Waals surface area contributed by atoms with Crippen LogP contribution >= 0.6 is 11.6 Å². The lowest BCUT2D eigenvalue weighted by molar-refractivity contribution is 0.124. The molecule has 122 valence electrons. The molecule has 4 N–H and O–H groups in total. The van der Waals surface area contributed by atoms with E-state index in [0.29, 0.717) is 28.8 Å². The zero-order valence-electron chi connectivity index (χ0n) is 12.6. The first-order chi connectivity index (χ1) is 11.1. The molecule has 1 fully saturated rings. The summed E-state index contributed by atoms with van der Waals surface area (Å²) in [5.74, 6) is 1.83. The molecular weight excluding hydrogens is 316 g/mol. The van der Waals surface area contributed by atoms with E-state index in [0.717, 1.165) is 19.3 Å². The quantitative estimate of drug-likeness (QED) is 0.795. The first-order valence-electron chi connectivity index (χ1n) is 7.60. The Bertz CT molecular complexity index is 666. The van der Waals surface area contributed by atoms with Crippen LogP contribution in [0.3, 0.4) is 0 Å². The highest BCUT2D eigenvalue weighted by Crippen LogP contribution is 2.31. The van der Waals surface area contributed by atoms with Crippen LogP contribution in [0.1, 0.15) is 25.7 Å². The van der Waals surface area contributed by atoms with Crippen LogP contribution < -0.4 is 15.8 Å². The number of nitrogens with one attached hydrogen (secondary N) is 1. The molecule has 3 rings (SSSR count). The third kappa shape index (κ3) is 4.24. The van der Waals surface area contributed by atoms with E-state index in [9.17, 15) is 5.11 Å². The van der Waals surface area contributed by atoms with Gasteiger partial charge < -0.3 is 20.9 Å². The van der Waals surface area contributed by atoms with E-state index in [1.165, 1.54) is 0 Å². The van der Waals surface area contributed by atoms with Crippen molar-refractivity contribution in [2.75, 3.05) is 11.1 Å². The fourth-order valence-corrected chi connectivity index (χ4v) is 2.81. The number of hydrogen-bond donors (Lipinski definition) is 3. The molecule has 1 heterocycles. The number of aliphatic hydroxyl groups is 1. The van der Waals surface area contributed by atoms with Gasteiger partial charge >= 0.3 is 0 Å². The predicted molar refractivity (Wildman–Crippen MR) is 89.9 cm³/mol. The molecule has 0 aliphatic heterocycles. The number of anilines is 2. The number of ether oxygens (including phenoxy) is 1. The van der Waals surface area contributed by atoms with Crippen LogP contribution in [0, 0.1) is 0 Å². The van der Waals surface area contributed by atoms with E-state index in [1.54, 1.807) is 30.5 Å². The average Bonchev–Trinajstić information content (AvgIpc) is 2.52. The Kier molecular flexibility index (Phi) is 4.83. The maximum atomic E-state index is 9.80. The molecule has 2 aromatic rings. The van der Waals surface area contributed by atoms with Crippen molar-refractivity contribution >= 4 is 23.4 Å². The molecule has 0 amide bonds. The van der Waals surface area contributed by atoms with Crippen molar-refractivity contribution in [3.8, 4) is 11.5 Å². The van der Waals surface area contributed by atoms with Crippen LogP contribution in [0.5, 0.6) is 11.5 Å². The first-order valence-corrected chi connectivity index (χ1v) is 7.98. The Morgan fingerprint density at radius 2 is 2.04 bits per heavy atom. The van der Waals surface area contributed by atoms with Gasteiger partial charge in [0.15, 0.2) is 11.6 Å². The minimum absolute atomic E-state index is 0.139. The van der Waals surface area contributed by atoms with Crippen LogP contribution in [0.25, 0.3) is 0 Å². The lowest BCUT2D eigenvalue weighted by Gasteiger charge is -2.27. The van der Waals surface area contributed by atoms with Crippen LogP contribution in [0.15, 0.2) is 30.5 Å². The summed E-state index contributed by atoms with van der Waals surface area (Å²) in [5, 5.41) is 13.8. The lowest BCUT2D eigenvalue weighted by Crippen LogP contribution is -2.30. The Morgan fingerprint density at radius 3 is 2.78 bits per heavy atom. The second-order valence-electron chi connectivity index (χ2n) is 5.66. The predicted octanol–water partition coefficient (Wildman–Crippen LogP) is 3.22. The van der Waals surface area contributed by atoms with E-state index >= 15 is 0 Å². The van der Waals surface area contributed by atoms with E-state index in [1.807, 2.05) is 0 Å². The molecule has 1 aliphatic rings. The number of benzene rings is 1. The van der Waals surface area contributed by atoms with Gasteiger partial charge in [0, 0.05) is 11.1 Å². The van der Waals surface area contributed by atoms with Crippen molar-refractivity contribution in [2.24, 2.45) is 0 Å². The molecule has 1 saturated carbocycles. The first kappa shape index (κ1) is 15.8. The van der Waals surface area contributed by atoms with Crippen molar-refractivity contribution in [1.82, 2.24) is 9.97 Å². The Labute approximate surface area is 139 Å². The zero-order valence-corrected chi connectivity index (χ0v) is 13.3. The summed E-state index contributed by atoms with van der Waals surface area (Å²) in [6.07, 6.45) is 4.75. The van der Waals surface area contributed by atoms with Crippen molar-refractivity contribution in [3.05, 3.63) is 35.5 Å². The van der Waals surface area contributed by atoms with Gasteiger partial charge in [-0.3, -0.25) is 0 Å². The molecule has 0 spiro atoms. The SMILES string of the molecule is Nc1ncc(Oc2ccc(Cl)cc2)c(N[C@H]2CCC[C@@H](O)C2)n1. The number of nitrogens with two attached hydrogens (primary N) is 1. The second-order valence-corrected chi connectivity index (χ2v) is 6.10. The Hall–Kier alpha value is -2.05. The van der Waals surface area contributed by atoms with Gasteiger partial charge in [-0.2, -0.15) is 4.98 Å². The van der Waals surface area contributed by atoms with Crippen LogP contribution in [-0.2, 0) is 0 Å². The fourth-order valence-electron chi connectivity index (χ4n) is 2.68. The molecule has 1 aliphatic carbocycles. The summed E-state index contributed by atoms with van der Waals surface area (Å²) in [5.41, 5.74) is 5.69. The molecule has 7 heteroatoms.